The number of nitrogens with one attached hydrogen (secondary N) is 1. The summed E-state index contributed by atoms with van der Waals surface area (Å²) in [4.78, 5) is 12.1. The van der Waals surface area contributed by atoms with Crippen LogP contribution in [-0.4, -0.2) is 20.1 Å². The average molecular weight is 324 g/mol. The molecule has 0 saturated heterocycles. The van der Waals surface area contributed by atoms with Crippen molar-refractivity contribution < 1.29 is 18.7 Å². The monoisotopic (exact) mass is 323 g/mol. The lowest BCUT2D eigenvalue weighted by Crippen LogP contribution is -2.24. The van der Waals surface area contributed by atoms with Gasteiger partial charge >= 0.3 is 0 Å². The van der Waals surface area contributed by atoms with E-state index in [9.17, 15) is 9.18 Å². The normalized spacial score (nSPS) is 10.2. The minimum absolute atomic E-state index is 0.0631. The molecule has 2 rings (SSSR count). The van der Waals surface area contributed by atoms with E-state index in [0.717, 1.165) is 6.07 Å². The first kappa shape index (κ1) is 16.1. The number of hydrogen-bond acceptors (Lipinski definition) is 3. The number of carbonyl (C=O) groups is 1. The van der Waals surface area contributed by atoms with Crippen molar-refractivity contribution in [3.05, 3.63) is 58.4 Å². The fourth-order valence-electron chi connectivity index (χ4n) is 1.97. The SMILES string of the molecule is COc1ccc(C(=O)NCc2c(Cl)cccc2OC)c(F)c1. The van der Waals surface area contributed by atoms with Crippen LogP contribution < -0.4 is 14.8 Å². The third-order valence-electron chi connectivity index (χ3n) is 3.14. The van der Waals surface area contributed by atoms with Crippen LogP contribution in [0.25, 0.3) is 0 Å². The van der Waals surface area contributed by atoms with Gasteiger partial charge in [0.2, 0.25) is 0 Å². The molecule has 2 aromatic carbocycles. The maximum absolute atomic E-state index is 13.8. The summed E-state index contributed by atoms with van der Waals surface area (Å²) in [5.74, 6) is -0.282. The molecule has 0 aliphatic rings. The van der Waals surface area contributed by atoms with Gasteiger partial charge < -0.3 is 14.8 Å². The van der Waals surface area contributed by atoms with Crippen LogP contribution >= 0.6 is 11.6 Å². The molecule has 22 heavy (non-hydrogen) atoms. The lowest BCUT2D eigenvalue weighted by atomic mass is 10.1. The van der Waals surface area contributed by atoms with Gasteiger partial charge in [0.25, 0.3) is 5.91 Å². The topological polar surface area (TPSA) is 47.6 Å². The van der Waals surface area contributed by atoms with E-state index >= 15 is 0 Å². The first-order chi connectivity index (χ1) is 10.6. The maximum Gasteiger partial charge on any atom is 0.254 e. The summed E-state index contributed by atoms with van der Waals surface area (Å²) in [6, 6.07) is 9.23. The molecule has 6 heteroatoms. The number of methoxy groups -OCH3 is 2. The van der Waals surface area contributed by atoms with Gasteiger partial charge in [-0.3, -0.25) is 4.79 Å². The van der Waals surface area contributed by atoms with Crippen LogP contribution in [0.4, 0.5) is 4.39 Å². The van der Waals surface area contributed by atoms with E-state index in [0.29, 0.717) is 22.1 Å². The van der Waals surface area contributed by atoms with Gasteiger partial charge in [0.1, 0.15) is 17.3 Å². The van der Waals surface area contributed by atoms with Crippen molar-refractivity contribution in [2.24, 2.45) is 0 Å². The summed E-state index contributed by atoms with van der Waals surface area (Å²) in [5.41, 5.74) is 0.570. The minimum atomic E-state index is -0.650. The number of carbonyl (C=O) groups excluding carboxylic acids is 1. The molecule has 4 nitrogen and oxygen atoms in total. The fourth-order valence-corrected chi connectivity index (χ4v) is 2.21. The molecule has 0 saturated carbocycles. The van der Waals surface area contributed by atoms with E-state index in [2.05, 4.69) is 5.32 Å². The van der Waals surface area contributed by atoms with Gasteiger partial charge in [-0.15, -0.1) is 0 Å². The number of ether oxygens (including phenoxy) is 2. The molecule has 0 spiro atoms. The summed E-state index contributed by atoms with van der Waals surface area (Å²) >= 11 is 6.09. The van der Waals surface area contributed by atoms with Gasteiger partial charge in [-0.2, -0.15) is 0 Å². The van der Waals surface area contributed by atoms with Crippen molar-refractivity contribution in [1.29, 1.82) is 0 Å². The van der Waals surface area contributed by atoms with Gasteiger partial charge in [0, 0.05) is 23.2 Å². The maximum atomic E-state index is 13.8. The number of benzene rings is 2. The lowest BCUT2D eigenvalue weighted by molar-refractivity contribution is 0.0946. The highest BCUT2D eigenvalue weighted by atomic mass is 35.5. The van der Waals surface area contributed by atoms with Crippen LogP contribution in [0.1, 0.15) is 15.9 Å². The van der Waals surface area contributed by atoms with Crippen molar-refractivity contribution in [2.45, 2.75) is 6.54 Å². The molecule has 0 atom stereocenters. The number of hydrogen-bond donors (Lipinski definition) is 1. The second kappa shape index (κ2) is 7.13. The second-order valence-electron chi connectivity index (χ2n) is 4.45. The largest absolute Gasteiger partial charge is 0.497 e. The van der Waals surface area contributed by atoms with E-state index in [1.165, 1.54) is 26.4 Å². The summed E-state index contributed by atoms with van der Waals surface area (Å²) in [5, 5.41) is 3.09. The van der Waals surface area contributed by atoms with Crippen LogP contribution in [0, 0.1) is 5.82 Å². The van der Waals surface area contributed by atoms with E-state index in [1.54, 1.807) is 18.2 Å². The number of amides is 1. The van der Waals surface area contributed by atoms with E-state index in [4.69, 9.17) is 21.1 Å². The zero-order valence-corrected chi connectivity index (χ0v) is 12.9. The predicted molar refractivity (Wildman–Crippen MR) is 82.1 cm³/mol. The minimum Gasteiger partial charge on any atom is -0.497 e. The van der Waals surface area contributed by atoms with Gasteiger partial charge in [0.15, 0.2) is 0 Å². The molecule has 0 bridgehead atoms. The van der Waals surface area contributed by atoms with Gasteiger partial charge in [-0.05, 0) is 24.3 Å². The van der Waals surface area contributed by atoms with E-state index in [-0.39, 0.29) is 12.1 Å². The first-order valence-electron chi connectivity index (χ1n) is 6.50. The number of rotatable bonds is 5. The molecule has 0 aromatic heterocycles. The molecule has 2 aromatic rings. The van der Waals surface area contributed by atoms with Crippen molar-refractivity contribution in [3.8, 4) is 11.5 Å². The lowest BCUT2D eigenvalue weighted by Gasteiger charge is -2.12. The van der Waals surface area contributed by atoms with Crippen LogP contribution in [0.15, 0.2) is 36.4 Å². The van der Waals surface area contributed by atoms with Gasteiger partial charge in [-0.25, -0.2) is 4.39 Å². The molecule has 0 aliphatic heterocycles. The van der Waals surface area contributed by atoms with Crippen molar-refractivity contribution in [1.82, 2.24) is 5.32 Å². The Labute approximate surface area is 132 Å². The molecule has 1 N–H and O–H groups in total. The summed E-state index contributed by atoms with van der Waals surface area (Å²) in [6.07, 6.45) is 0. The van der Waals surface area contributed by atoms with Gasteiger partial charge in [0.05, 0.1) is 19.8 Å². The first-order valence-corrected chi connectivity index (χ1v) is 6.87. The Bertz CT molecular complexity index is 691. The molecule has 0 aliphatic carbocycles. The smallest absolute Gasteiger partial charge is 0.254 e. The van der Waals surface area contributed by atoms with Crippen molar-refractivity contribution in [3.63, 3.8) is 0 Å². The van der Waals surface area contributed by atoms with Crippen molar-refractivity contribution >= 4 is 17.5 Å². The molecule has 1 amide bonds. The predicted octanol–water partition coefficient (Wildman–Crippen LogP) is 3.43. The van der Waals surface area contributed by atoms with E-state index in [1.807, 2.05) is 0 Å². The third kappa shape index (κ3) is 3.49. The Morgan fingerprint density at radius 1 is 1.23 bits per heavy atom. The Hall–Kier alpha value is -2.27. The summed E-state index contributed by atoms with van der Waals surface area (Å²) in [7, 11) is 2.94. The molecule has 0 heterocycles. The molecular weight excluding hydrogens is 309 g/mol. The second-order valence-corrected chi connectivity index (χ2v) is 4.86. The van der Waals surface area contributed by atoms with Crippen molar-refractivity contribution in [2.75, 3.05) is 14.2 Å². The molecule has 0 unspecified atom stereocenters. The summed E-state index contributed by atoms with van der Waals surface area (Å²) in [6.45, 7) is 0.132. The quantitative estimate of drug-likeness (QED) is 0.917. The van der Waals surface area contributed by atoms with Crippen LogP contribution in [0.5, 0.6) is 11.5 Å². The third-order valence-corrected chi connectivity index (χ3v) is 3.50. The van der Waals surface area contributed by atoms with E-state index < -0.39 is 11.7 Å². The molecule has 116 valence electrons. The molecular formula is C16H15ClFNO3. The fraction of sp³-hybridized carbons (Fsp3) is 0.188. The summed E-state index contributed by atoms with van der Waals surface area (Å²) < 4.78 is 23.9. The highest BCUT2D eigenvalue weighted by Crippen LogP contribution is 2.26. The highest BCUT2D eigenvalue weighted by molar-refractivity contribution is 6.31. The Morgan fingerprint density at radius 2 is 2.00 bits per heavy atom. The highest BCUT2D eigenvalue weighted by Gasteiger charge is 2.14. The number of halogens is 2. The zero-order chi connectivity index (χ0) is 16.1. The molecule has 0 fully saturated rings. The Morgan fingerprint density at radius 3 is 2.64 bits per heavy atom. The molecule has 0 radical (unpaired) electrons. The van der Waals surface area contributed by atoms with Crippen LogP contribution in [0.2, 0.25) is 5.02 Å². The Kier molecular flexibility index (Phi) is 5.22. The standard InChI is InChI=1S/C16H15ClFNO3/c1-21-10-6-7-11(14(18)8-10)16(20)19-9-12-13(17)4-3-5-15(12)22-2/h3-8H,9H2,1-2H3,(H,19,20). The Balaban J connectivity index is 2.14. The van der Waals surface area contributed by atoms with Crippen LogP contribution in [0.3, 0.4) is 0 Å². The zero-order valence-electron chi connectivity index (χ0n) is 12.2. The van der Waals surface area contributed by atoms with Gasteiger partial charge in [-0.1, -0.05) is 17.7 Å². The average Bonchev–Trinajstić information content (AvgIpc) is 2.52. The van der Waals surface area contributed by atoms with Crippen LogP contribution in [-0.2, 0) is 6.54 Å².